The fourth-order valence-electron chi connectivity index (χ4n) is 2.54. The van der Waals surface area contributed by atoms with Gasteiger partial charge in [0.05, 0.1) is 6.10 Å². The highest BCUT2D eigenvalue weighted by Gasteiger charge is 2.20. The third-order valence-electron chi connectivity index (χ3n) is 3.57. The van der Waals surface area contributed by atoms with E-state index in [1.165, 1.54) is 32.1 Å². The van der Waals surface area contributed by atoms with Gasteiger partial charge in [0.25, 0.3) is 0 Å². The topological polar surface area (TPSA) is 41.5 Å². The summed E-state index contributed by atoms with van der Waals surface area (Å²) < 4.78 is 5.90. The predicted molar refractivity (Wildman–Crippen MR) is 71.2 cm³/mol. The van der Waals surface area contributed by atoms with Crippen LogP contribution in [0.4, 0.5) is 0 Å². The van der Waals surface area contributed by atoms with E-state index in [4.69, 9.17) is 9.84 Å². The second-order valence-corrected chi connectivity index (χ2v) is 5.04. The Morgan fingerprint density at radius 1 is 1.06 bits per heavy atom. The maximum Gasteiger partial charge on any atom is 0.0576 e. The van der Waals surface area contributed by atoms with Crippen molar-refractivity contribution in [2.75, 3.05) is 19.8 Å². The third kappa shape index (κ3) is 7.02. The molecule has 0 radical (unpaired) electrons. The standard InChI is InChI=1S/C14H29NO2/c1-2-15-13-7-9-14(10-8-13)17-12-6-4-3-5-11-16/h13-16H,2-12H2,1H3. The Labute approximate surface area is 106 Å². The molecule has 0 aromatic carbocycles. The first-order valence-corrected chi connectivity index (χ1v) is 7.32. The van der Waals surface area contributed by atoms with Gasteiger partial charge in [-0.05, 0) is 45.1 Å². The van der Waals surface area contributed by atoms with Crippen molar-refractivity contribution >= 4 is 0 Å². The van der Waals surface area contributed by atoms with Gasteiger partial charge in [0.2, 0.25) is 0 Å². The van der Waals surface area contributed by atoms with E-state index in [1.807, 2.05) is 0 Å². The molecule has 1 rings (SSSR count). The zero-order valence-electron chi connectivity index (χ0n) is 11.3. The molecule has 0 spiro atoms. The number of nitrogens with one attached hydrogen (secondary N) is 1. The summed E-state index contributed by atoms with van der Waals surface area (Å²) >= 11 is 0. The zero-order valence-corrected chi connectivity index (χ0v) is 11.3. The molecule has 0 aliphatic heterocycles. The first-order chi connectivity index (χ1) is 8.36. The Kier molecular flexibility index (Phi) is 8.67. The molecular formula is C14H29NO2. The molecule has 3 nitrogen and oxygen atoms in total. The molecule has 2 N–H and O–H groups in total. The van der Waals surface area contributed by atoms with Gasteiger partial charge in [0.15, 0.2) is 0 Å². The van der Waals surface area contributed by atoms with Crippen LogP contribution in [0.1, 0.15) is 58.3 Å². The SMILES string of the molecule is CCNC1CCC(OCCCCCCO)CC1. The van der Waals surface area contributed by atoms with Gasteiger partial charge < -0.3 is 15.2 Å². The van der Waals surface area contributed by atoms with Crippen LogP contribution in [0, 0.1) is 0 Å². The lowest BCUT2D eigenvalue weighted by Crippen LogP contribution is -2.35. The van der Waals surface area contributed by atoms with Crippen molar-refractivity contribution < 1.29 is 9.84 Å². The van der Waals surface area contributed by atoms with Crippen molar-refractivity contribution in [1.82, 2.24) is 5.32 Å². The summed E-state index contributed by atoms with van der Waals surface area (Å²) in [6.07, 6.45) is 9.87. The van der Waals surface area contributed by atoms with Crippen LogP contribution in [-0.2, 0) is 4.74 Å². The fraction of sp³-hybridized carbons (Fsp3) is 1.00. The lowest BCUT2D eigenvalue weighted by Gasteiger charge is -2.29. The lowest BCUT2D eigenvalue weighted by atomic mass is 9.93. The van der Waals surface area contributed by atoms with E-state index in [2.05, 4.69) is 12.2 Å². The van der Waals surface area contributed by atoms with E-state index in [1.54, 1.807) is 0 Å². The molecule has 1 aliphatic carbocycles. The molecule has 0 heterocycles. The third-order valence-corrected chi connectivity index (χ3v) is 3.57. The van der Waals surface area contributed by atoms with E-state index in [-0.39, 0.29) is 0 Å². The normalized spacial score (nSPS) is 25.1. The van der Waals surface area contributed by atoms with Crippen molar-refractivity contribution in [1.29, 1.82) is 0 Å². The van der Waals surface area contributed by atoms with Gasteiger partial charge in [-0.2, -0.15) is 0 Å². The molecule has 0 aromatic rings. The van der Waals surface area contributed by atoms with Gasteiger partial charge in [-0.1, -0.05) is 19.8 Å². The number of aliphatic hydroxyl groups excluding tert-OH is 1. The predicted octanol–water partition coefficient (Wildman–Crippen LogP) is 2.48. The molecule has 1 fully saturated rings. The highest BCUT2D eigenvalue weighted by Crippen LogP contribution is 2.21. The Bertz CT molecular complexity index is 168. The largest absolute Gasteiger partial charge is 0.396 e. The summed E-state index contributed by atoms with van der Waals surface area (Å²) in [6, 6.07) is 0.726. The maximum atomic E-state index is 8.66. The first kappa shape index (κ1) is 14.9. The number of hydrogen-bond donors (Lipinski definition) is 2. The van der Waals surface area contributed by atoms with Crippen LogP contribution >= 0.6 is 0 Å². The zero-order chi connectivity index (χ0) is 12.3. The molecule has 17 heavy (non-hydrogen) atoms. The summed E-state index contributed by atoms with van der Waals surface area (Å²) in [5.74, 6) is 0. The molecule has 0 saturated heterocycles. The minimum Gasteiger partial charge on any atom is -0.396 e. The maximum absolute atomic E-state index is 8.66. The number of hydrogen-bond acceptors (Lipinski definition) is 3. The van der Waals surface area contributed by atoms with Gasteiger partial charge in [-0.3, -0.25) is 0 Å². The minimum atomic E-state index is 0.329. The van der Waals surface area contributed by atoms with Crippen LogP contribution < -0.4 is 5.32 Å². The van der Waals surface area contributed by atoms with Crippen LogP contribution in [-0.4, -0.2) is 37.0 Å². The van der Waals surface area contributed by atoms with E-state index in [0.29, 0.717) is 12.7 Å². The average Bonchev–Trinajstić information content (AvgIpc) is 2.36. The highest BCUT2D eigenvalue weighted by atomic mass is 16.5. The second kappa shape index (κ2) is 9.86. The van der Waals surface area contributed by atoms with Crippen molar-refractivity contribution in [2.24, 2.45) is 0 Å². The monoisotopic (exact) mass is 243 g/mol. The van der Waals surface area contributed by atoms with Crippen LogP contribution in [0.5, 0.6) is 0 Å². The van der Waals surface area contributed by atoms with E-state index >= 15 is 0 Å². The van der Waals surface area contributed by atoms with Crippen molar-refractivity contribution in [3.8, 4) is 0 Å². The smallest absolute Gasteiger partial charge is 0.0576 e. The number of rotatable bonds is 9. The molecule has 102 valence electrons. The molecule has 0 unspecified atom stereocenters. The van der Waals surface area contributed by atoms with Crippen LogP contribution in [0.15, 0.2) is 0 Å². The Hall–Kier alpha value is -0.120. The highest BCUT2D eigenvalue weighted by molar-refractivity contribution is 4.76. The molecular weight excluding hydrogens is 214 g/mol. The van der Waals surface area contributed by atoms with E-state index < -0.39 is 0 Å². The quantitative estimate of drug-likeness (QED) is 0.611. The van der Waals surface area contributed by atoms with Gasteiger partial charge in [-0.25, -0.2) is 0 Å². The molecule has 3 heteroatoms. The molecule has 0 aromatic heterocycles. The van der Waals surface area contributed by atoms with Crippen LogP contribution in [0.25, 0.3) is 0 Å². The summed E-state index contributed by atoms with van der Waals surface area (Å²) in [7, 11) is 0. The number of aliphatic hydroxyl groups is 1. The minimum absolute atomic E-state index is 0.329. The van der Waals surface area contributed by atoms with E-state index in [0.717, 1.165) is 38.5 Å². The van der Waals surface area contributed by atoms with E-state index in [9.17, 15) is 0 Å². The Balaban J connectivity index is 1.91. The Morgan fingerprint density at radius 3 is 2.41 bits per heavy atom. The molecule has 0 amide bonds. The number of unbranched alkanes of at least 4 members (excludes halogenated alkanes) is 3. The second-order valence-electron chi connectivity index (χ2n) is 5.04. The Morgan fingerprint density at radius 2 is 1.76 bits per heavy atom. The molecule has 1 aliphatic rings. The first-order valence-electron chi connectivity index (χ1n) is 7.32. The average molecular weight is 243 g/mol. The summed E-state index contributed by atoms with van der Waals surface area (Å²) in [5, 5.41) is 12.2. The molecule has 0 atom stereocenters. The van der Waals surface area contributed by atoms with Crippen LogP contribution in [0.3, 0.4) is 0 Å². The number of ether oxygens (including phenoxy) is 1. The van der Waals surface area contributed by atoms with Gasteiger partial charge in [0, 0.05) is 19.3 Å². The van der Waals surface area contributed by atoms with Gasteiger partial charge in [-0.15, -0.1) is 0 Å². The summed E-state index contributed by atoms with van der Waals surface area (Å²) in [5.41, 5.74) is 0. The van der Waals surface area contributed by atoms with Crippen molar-refractivity contribution in [2.45, 2.75) is 70.4 Å². The van der Waals surface area contributed by atoms with Crippen LogP contribution in [0.2, 0.25) is 0 Å². The van der Waals surface area contributed by atoms with Gasteiger partial charge >= 0.3 is 0 Å². The summed E-state index contributed by atoms with van der Waals surface area (Å²) in [4.78, 5) is 0. The molecule has 1 saturated carbocycles. The fourth-order valence-corrected chi connectivity index (χ4v) is 2.54. The van der Waals surface area contributed by atoms with Crippen molar-refractivity contribution in [3.63, 3.8) is 0 Å². The van der Waals surface area contributed by atoms with Gasteiger partial charge in [0.1, 0.15) is 0 Å². The molecule has 0 bridgehead atoms. The summed E-state index contributed by atoms with van der Waals surface area (Å²) in [6.45, 7) is 4.49. The lowest BCUT2D eigenvalue weighted by molar-refractivity contribution is 0.0205. The van der Waals surface area contributed by atoms with Crippen molar-refractivity contribution in [3.05, 3.63) is 0 Å².